The molecule has 4 nitrogen and oxygen atoms in total. The van der Waals surface area contributed by atoms with E-state index in [4.69, 9.17) is 5.73 Å². The van der Waals surface area contributed by atoms with Crippen LogP contribution in [0.5, 0.6) is 0 Å². The zero-order valence-corrected chi connectivity index (χ0v) is 8.52. The number of nitrogens with one attached hydrogen (secondary N) is 1. The average molecular weight is 218 g/mol. The summed E-state index contributed by atoms with van der Waals surface area (Å²) in [6.07, 6.45) is 1.38. The van der Waals surface area contributed by atoms with Crippen LogP contribution >= 0.6 is 0 Å². The van der Waals surface area contributed by atoms with Gasteiger partial charge in [0.1, 0.15) is 23.8 Å². The van der Waals surface area contributed by atoms with Crippen LogP contribution in [0.4, 0.5) is 16.0 Å². The van der Waals surface area contributed by atoms with E-state index in [0.717, 1.165) is 5.56 Å². The van der Waals surface area contributed by atoms with E-state index in [0.29, 0.717) is 18.2 Å². The van der Waals surface area contributed by atoms with Crippen LogP contribution < -0.4 is 11.1 Å². The molecule has 0 atom stereocenters. The molecule has 0 aliphatic heterocycles. The molecule has 3 N–H and O–H groups in total. The molecule has 16 heavy (non-hydrogen) atoms. The van der Waals surface area contributed by atoms with Gasteiger partial charge in [-0.15, -0.1) is 0 Å². The first-order valence-corrected chi connectivity index (χ1v) is 4.80. The highest BCUT2D eigenvalue weighted by atomic mass is 19.1. The molecule has 0 fully saturated rings. The Kier molecular flexibility index (Phi) is 2.95. The molecule has 2 aromatic rings. The van der Waals surface area contributed by atoms with Gasteiger partial charge < -0.3 is 11.1 Å². The molecule has 0 bridgehead atoms. The molecule has 0 saturated heterocycles. The first kappa shape index (κ1) is 10.4. The predicted octanol–water partition coefficient (Wildman–Crippen LogP) is 1.81. The van der Waals surface area contributed by atoms with E-state index in [9.17, 15) is 4.39 Å². The van der Waals surface area contributed by atoms with Gasteiger partial charge in [-0.2, -0.15) is 0 Å². The standard InChI is InChI=1S/C11H11FN4/c12-9-3-1-2-8(4-9)6-14-11-5-10(13)15-7-16-11/h1-5,7H,6H2,(H3,13,14,15,16). The van der Waals surface area contributed by atoms with Crippen molar-refractivity contribution in [3.63, 3.8) is 0 Å². The number of nitrogens with two attached hydrogens (primary N) is 1. The molecule has 0 aliphatic carbocycles. The van der Waals surface area contributed by atoms with Crippen molar-refractivity contribution in [1.29, 1.82) is 0 Å². The lowest BCUT2D eigenvalue weighted by Crippen LogP contribution is -2.03. The third-order valence-electron chi connectivity index (χ3n) is 2.05. The lowest BCUT2D eigenvalue weighted by atomic mass is 10.2. The van der Waals surface area contributed by atoms with Crippen molar-refractivity contribution in [3.05, 3.63) is 48.0 Å². The fourth-order valence-corrected chi connectivity index (χ4v) is 1.31. The smallest absolute Gasteiger partial charge is 0.131 e. The van der Waals surface area contributed by atoms with Gasteiger partial charge in [-0.05, 0) is 17.7 Å². The Morgan fingerprint density at radius 3 is 2.88 bits per heavy atom. The van der Waals surface area contributed by atoms with Gasteiger partial charge in [0.2, 0.25) is 0 Å². The summed E-state index contributed by atoms with van der Waals surface area (Å²) in [6, 6.07) is 8.00. The second-order valence-electron chi connectivity index (χ2n) is 3.31. The molecule has 0 unspecified atom stereocenters. The summed E-state index contributed by atoms with van der Waals surface area (Å²) in [5.74, 6) is 0.773. The molecule has 0 saturated carbocycles. The van der Waals surface area contributed by atoms with Crippen LogP contribution in [0.1, 0.15) is 5.56 Å². The maximum absolute atomic E-state index is 12.9. The molecule has 5 heteroatoms. The van der Waals surface area contributed by atoms with Gasteiger partial charge in [-0.25, -0.2) is 14.4 Å². The van der Waals surface area contributed by atoms with Crippen LogP contribution in [0, 0.1) is 5.82 Å². The zero-order valence-electron chi connectivity index (χ0n) is 8.52. The number of aromatic nitrogens is 2. The van der Waals surface area contributed by atoms with Gasteiger partial charge >= 0.3 is 0 Å². The largest absolute Gasteiger partial charge is 0.384 e. The number of anilines is 2. The van der Waals surface area contributed by atoms with Crippen LogP contribution in [0.15, 0.2) is 36.7 Å². The number of nitrogen functional groups attached to an aromatic ring is 1. The van der Waals surface area contributed by atoms with Crippen LogP contribution in [-0.4, -0.2) is 9.97 Å². The second kappa shape index (κ2) is 4.57. The molecule has 0 amide bonds. The third kappa shape index (κ3) is 2.66. The molecule has 1 aromatic carbocycles. The van der Waals surface area contributed by atoms with E-state index in [-0.39, 0.29) is 5.82 Å². The van der Waals surface area contributed by atoms with Crippen molar-refractivity contribution in [1.82, 2.24) is 9.97 Å². The third-order valence-corrected chi connectivity index (χ3v) is 2.05. The zero-order chi connectivity index (χ0) is 11.4. The van der Waals surface area contributed by atoms with Crippen LogP contribution in [0.3, 0.4) is 0 Å². The summed E-state index contributed by atoms with van der Waals surface area (Å²) in [6.45, 7) is 0.494. The van der Waals surface area contributed by atoms with Gasteiger partial charge in [0.05, 0.1) is 0 Å². The van der Waals surface area contributed by atoms with E-state index < -0.39 is 0 Å². The van der Waals surface area contributed by atoms with E-state index in [2.05, 4.69) is 15.3 Å². The minimum atomic E-state index is -0.249. The maximum Gasteiger partial charge on any atom is 0.131 e. The molecule has 82 valence electrons. The van der Waals surface area contributed by atoms with Gasteiger partial charge in [0, 0.05) is 12.6 Å². The number of hydrogen-bond donors (Lipinski definition) is 2. The quantitative estimate of drug-likeness (QED) is 0.824. The highest BCUT2D eigenvalue weighted by Gasteiger charge is 1.97. The van der Waals surface area contributed by atoms with E-state index in [1.807, 2.05) is 6.07 Å². The Labute approximate surface area is 92.3 Å². The summed E-state index contributed by atoms with van der Waals surface area (Å²) in [5.41, 5.74) is 6.35. The van der Waals surface area contributed by atoms with Crippen molar-refractivity contribution in [2.24, 2.45) is 0 Å². The highest BCUT2D eigenvalue weighted by Crippen LogP contribution is 2.08. The maximum atomic E-state index is 12.9. The Bertz CT molecular complexity index is 441. The minimum absolute atomic E-state index is 0.249. The van der Waals surface area contributed by atoms with Gasteiger partial charge in [-0.3, -0.25) is 0 Å². The van der Waals surface area contributed by atoms with Gasteiger partial charge in [0.15, 0.2) is 0 Å². The minimum Gasteiger partial charge on any atom is -0.384 e. The Balaban J connectivity index is 2.02. The Hall–Kier alpha value is -2.17. The summed E-state index contributed by atoms with van der Waals surface area (Å²) in [7, 11) is 0. The number of hydrogen-bond acceptors (Lipinski definition) is 4. The first-order valence-electron chi connectivity index (χ1n) is 4.80. The molecule has 0 aliphatic rings. The lowest BCUT2D eigenvalue weighted by Gasteiger charge is -2.05. The monoisotopic (exact) mass is 218 g/mol. The van der Waals surface area contributed by atoms with Gasteiger partial charge in [0.25, 0.3) is 0 Å². The van der Waals surface area contributed by atoms with E-state index in [1.54, 1.807) is 12.1 Å². The van der Waals surface area contributed by atoms with Gasteiger partial charge in [-0.1, -0.05) is 12.1 Å². The molecule has 1 heterocycles. The SMILES string of the molecule is Nc1cc(NCc2cccc(F)c2)ncn1. The van der Waals surface area contributed by atoms with Crippen molar-refractivity contribution < 1.29 is 4.39 Å². The summed E-state index contributed by atoms with van der Waals surface area (Å²) in [4.78, 5) is 7.76. The molecule has 0 radical (unpaired) electrons. The normalized spacial score (nSPS) is 10.1. The van der Waals surface area contributed by atoms with Crippen molar-refractivity contribution in [3.8, 4) is 0 Å². The second-order valence-corrected chi connectivity index (χ2v) is 3.31. The summed E-state index contributed by atoms with van der Waals surface area (Å²) >= 11 is 0. The topological polar surface area (TPSA) is 63.8 Å². The number of nitrogens with zero attached hydrogens (tertiary/aromatic N) is 2. The van der Waals surface area contributed by atoms with Crippen LogP contribution in [0.25, 0.3) is 0 Å². The number of rotatable bonds is 3. The van der Waals surface area contributed by atoms with Crippen LogP contribution in [-0.2, 0) is 6.54 Å². The van der Waals surface area contributed by atoms with E-state index >= 15 is 0 Å². The van der Waals surface area contributed by atoms with Crippen LogP contribution in [0.2, 0.25) is 0 Å². The van der Waals surface area contributed by atoms with E-state index in [1.165, 1.54) is 18.5 Å². The fourth-order valence-electron chi connectivity index (χ4n) is 1.31. The number of benzene rings is 1. The fraction of sp³-hybridized carbons (Fsp3) is 0.0909. The highest BCUT2D eigenvalue weighted by molar-refractivity contribution is 5.43. The average Bonchev–Trinajstić information content (AvgIpc) is 2.27. The summed E-state index contributed by atoms with van der Waals surface area (Å²) in [5, 5.41) is 3.03. The van der Waals surface area contributed by atoms with Crippen molar-refractivity contribution in [2.45, 2.75) is 6.54 Å². The molecule has 2 rings (SSSR count). The molecular formula is C11H11FN4. The van der Waals surface area contributed by atoms with Crippen molar-refractivity contribution >= 4 is 11.6 Å². The predicted molar refractivity (Wildman–Crippen MR) is 60.2 cm³/mol. The Morgan fingerprint density at radius 2 is 2.12 bits per heavy atom. The lowest BCUT2D eigenvalue weighted by molar-refractivity contribution is 0.626. The molecule has 1 aromatic heterocycles. The molecular weight excluding hydrogens is 207 g/mol. The Morgan fingerprint density at radius 1 is 1.25 bits per heavy atom. The summed E-state index contributed by atoms with van der Waals surface area (Å²) < 4.78 is 12.9. The number of halogens is 1. The first-order chi connectivity index (χ1) is 7.74. The van der Waals surface area contributed by atoms with Crippen molar-refractivity contribution in [2.75, 3.05) is 11.1 Å². The molecule has 0 spiro atoms.